The Hall–Kier alpha value is -0.880. The monoisotopic (exact) mass is 299 g/mol. The summed E-state index contributed by atoms with van der Waals surface area (Å²) in [5, 5.41) is 4.12. The molecule has 114 valence electrons. The van der Waals surface area contributed by atoms with Gasteiger partial charge >= 0.3 is 0 Å². The van der Waals surface area contributed by atoms with Crippen molar-refractivity contribution in [3.8, 4) is 0 Å². The fraction of sp³-hybridized carbons (Fsp3) is 0.786. The van der Waals surface area contributed by atoms with Crippen molar-refractivity contribution in [1.29, 1.82) is 0 Å². The molecule has 0 radical (unpaired) electrons. The number of aromatic nitrogens is 2. The molecule has 1 aliphatic rings. The van der Waals surface area contributed by atoms with E-state index in [0.717, 1.165) is 25.7 Å². The van der Waals surface area contributed by atoms with Crippen LogP contribution in [0.2, 0.25) is 0 Å². The topological polar surface area (TPSA) is 64.0 Å². The highest BCUT2D eigenvalue weighted by atomic mass is 32.2. The number of hydrogen-bond acceptors (Lipinski definition) is 3. The van der Waals surface area contributed by atoms with Crippen LogP contribution in [0.1, 0.15) is 57.6 Å². The van der Waals surface area contributed by atoms with Crippen molar-refractivity contribution in [3.05, 3.63) is 11.9 Å². The van der Waals surface area contributed by atoms with E-state index in [4.69, 9.17) is 0 Å². The second-order valence-electron chi connectivity index (χ2n) is 5.57. The average Bonchev–Trinajstić information content (AvgIpc) is 2.74. The highest BCUT2D eigenvalue weighted by Crippen LogP contribution is 2.20. The van der Waals surface area contributed by atoms with E-state index >= 15 is 0 Å². The third kappa shape index (κ3) is 3.61. The van der Waals surface area contributed by atoms with E-state index in [9.17, 15) is 8.42 Å². The summed E-state index contributed by atoms with van der Waals surface area (Å²) in [5.74, 6) is 0. The van der Waals surface area contributed by atoms with E-state index in [2.05, 4.69) is 9.82 Å². The largest absolute Gasteiger partial charge is 0.269 e. The first-order valence-corrected chi connectivity index (χ1v) is 9.07. The van der Waals surface area contributed by atoms with Gasteiger partial charge in [-0.1, -0.05) is 32.1 Å². The minimum atomic E-state index is -3.44. The van der Waals surface area contributed by atoms with Crippen molar-refractivity contribution < 1.29 is 8.42 Å². The molecule has 0 atom stereocenters. The summed E-state index contributed by atoms with van der Waals surface area (Å²) in [5.41, 5.74) is 0.714. The lowest BCUT2D eigenvalue weighted by Gasteiger charge is -2.20. The number of nitrogens with one attached hydrogen (secondary N) is 1. The molecule has 1 aromatic heterocycles. The Labute approximate surface area is 121 Å². The molecule has 1 saturated carbocycles. The van der Waals surface area contributed by atoms with E-state index in [-0.39, 0.29) is 6.04 Å². The first kappa shape index (κ1) is 15.5. The van der Waals surface area contributed by atoms with Gasteiger partial charge in [-0.25, -0.2) is 13.1 Å². The van der Waals surface area contributed by atoms with Gasteiger partial charge in [0.15, 0.2) is 0 Å². The second-order valence-corrected chi connectivity index (χ2v) is 7.26. The summed E-state index contributed by atoms with van der Waals surface area (Å²) >= 11 is 0. The SMILES string of the molecule is CCn1ncc(S(=O)(=O)NC2CCCCCCC2)c1C. The Bertz CT molecular complexity index is 529. The van der Waals surface area contributed by atoms with E-state index < -0.39 is 10.0 Å². The quantitative estimate of drug-likeness (QED) is 0.929. The Morgan fingerprint density at radius 2 is 1.85 bits per heavy atom. The minimum Gasteiger partial charge on any atom is -0.269 e. The number of sulfonamides is 1. The van der Waals surface area contributed by atoms with Crippen molar-refractivity contribution in [1.82, 2.24) is 14.5 Å². The molecule has 1 aromatic rings. The highest BCUT2D eigenvalue weighted by Gasteiger charge is 2.24. The van der Waals surface area contributed by atoms with Crippen molar-refractivity contribution >= 4 is 10.0 Å². The first-order valence-electron chi connectivity index (χ1n) is 7.59. The normalized spacial score (nSPS) is 18.7. The van der Waals surface area contributed by atoms with Gasteiger partial charge in [-0.3, -0.25) is 4.68 Å². The van der Waals surface area contributed by atoms with Gasteiger partial charge in [-0.15, -0.1) is 0 Å². The molecule has 2 rings (SSSR count). The Morgan fingerprint density at radius 3 is 2.40 bits per heavy atom. The molecule has 5 nitrogen and oxygen atoms in total. The standard InChI is InChI=1S/C14H25N3O2S/c1-3-17-12(2)14(11-15-17)20(18,19)16-13-9-7-5-4-6-8-10-13/h11,13,16H,3-10H2,1-2H3. The van der Waals surface area contributed by atoms with Gasteiger partial charge in [0.25, 0.3) is 0 Å². The van der Waals surface area contributed by atoms with Crippen LogP contribution in [0.25, 0.3) is 0 Å². The molecule has 0 unspecified atom stereocenters. The zero-order chi connectivity index (χ0) is 14.6. The predicted molar refractivity (Wildman–Crippen MR) is 79.1 cm³/mol. The van der Waals surface area contributed by atoms with E-state index in [1.807, 2.05) is 13.8 Å². The van der Waals surface area contributed by atoms with Gasteiger partial charge in [0, 0.05) is 12.6 Å². The smallest absolute Gasteiger partial charge is 0.244 e. The zero-order valence-corrected chi connectivity index (χ0v) is 13.2. The molecule has 0 aliphatic heterocycles. The molecule has 20 heavy (non-hydrogen) atoms. The highest BCUT2D eigenvalue weighted by molar-refractivity contribution is 7.89. The van der Waals surface area contributed by atoms with Crippen molar-refractivity contribution in [2.24, 2.45) is 0 Å². The van der Waals surface area contributed by atoms with Crippen LogP contribution < -0.4 is 4.72 Å². The van der Waals surface area contributed by atoms with Gasteiger partial charge in [0.05, 0.1) is 11.9 Å². The van der Waals surface area contributed by atoms with Crippen LogP contribution in [-0.4, -0.2) is 24.2 Å². The van der Waals surface area contributed by atoms with Crippen LogP contribution in [0.4, 0.5) is 0 Å². The Kier molecular flexibility index (Phi) is 5.21. The second kappa shape index (κ2) is 6.72. The molecule has 1 fully saturated rings. The number of aryl methyl sites for hydroxylation is 1. The maximum atomic E-state index is 12.5. The molecule has 0 saturated heterocycles. The zero-order valence-electron chi connectivity index (χ0n) is 12.4. The van der Waals surface area contributed by atoms with E-state index in [1.54, 1.807) is 4.68 Å². The van der Waals surface area contributed by atoms with Gasteiger partial charge in [0.1, 0.15) is 4.90 Å². The van der Waals surface area contributed by atoms with Crippen molar-refractivity contribution in [2.75, 3.05) is 0 Å². The number of nitrogens with zero attached hydrogens (tertiary/aromatic N) is 2. The lowest BCUT2D eigenvalue weighted by Crippen LogP contribution is -2.35. The van der Waals surface area contributed by atoms with Crippen LogP contribution in [-0.2, 0) is 16.6 Å². The summed E-state index contributed by atoms with van der Waals surface area (Å²) in [7, 11) is -3.44. The van der Waals surface area contributed by atoms with E-state index in [1.165, 1.54) is 25.5 Å². The maximum absolute atomic E-state index is 12.5. The summed E-state index contributed by atoms with van der Waals surface area (Å²) in [4.78, 5) is 0.321. The van der Waals surface area contributed by atoms with Gasteiger partial charge < -0.3 is 0 Å². The molecule has 6 heteroatoms. The van der Waals surface area contributed by atoms with Crippen molar-refractivity contribution in [2.45, 2.75) is 76.3 Å². The number of hydrogen-bond donors (Lipinski definition) is 1. The van der Waals surface area contributed by atoms with Crippen LogP contribution >= 0.6 is 0 Å². The number of rotatable bonds is 4. The molecule has 1 N–H and O–H groups in total. The average molecular weight is 299 g/mol. The molecule has 1 aliphatic carbocycles. The Morgan fingerprint density at radius 1 is 1.25 bits per heavy atom. The molecular weight excluding hydrogens is 274 g/mol. The summed E-state index contributed by atoms with van der Waals surface area (Å²) < 4.78 is 29.6. The van der Waals surface area contributed by atoms with Crippen LogP contribution in [0.5, 0.6) is 0 Å². The summed E-state index contributed by atoms with van der Waals surface area (Å²) in [6.45, 7) is 4.45. The minimum absolute atomic E-state index is 0.0738. The van der Waals surface area contributed by atoms with Crippen LogP contribution in [0, 0.1) is 6.92 Å². The third-order valence-corrected chi connectivity index (χ3v) is 5.70. The van der Waals surface area contributed by atoms with E-state index in [0.29, 0.717) is 17.1 Å². The molecule has 0 bridgehead atoms. The first-order chi connectivity index (χ1) is 9.54. The maximum Gasteiger partial charge on any atom is 0.244 e. The van der Waals surface area contributed by atoms with Gasteiger partial charge in [0.2, 0.25) is 10.0 Å². The molecule has 0 amide bonds. The summed E-state index contributed by atoms with van der Waals surface area (Å²) in [6, 6.07) is 0.0738. The molecule has 0 aromatic carbocycles. The molecule has 1 heterocycles. The Balaban J connectivity index is 2.11. The lowest BCUT2D eigenvalue weighted by molar-refractivity contribution is 0.426. The fourth-order valence-corrected chi connectivity index (χ4v) is 4.35. The fourth-order valence-electron chi connectivity index (χ4n) is 2.87. The van der Waals surface area contributed by atoms with Gasteiger partial charge in [-0.2, -0.15) is 5.10 Å². The summed E-state index contributed by atoms with van der Waals surface area (Å²) in [6.07, 6.45) is 9.28. The van der Waals surface area contributed by atoms with Gasteiger partial charge in [-0.05, 0) is 26.7 Å². The predicted octanol–water partition coefficient (Wildman–Crippen LogP) is 2.60. The van der Waals surface area contributed by atoms with Crippen molar-refractivity contribution in [3.63, 3.8) is 0 Å². The molecular formula is C14H25N3O2S. The van der Waals surface area contributed by atoms with Crippen LogP contribution in [0.15, 0.2) is 11.1 Å². The third-order valence-electron chi connectivity index (χ3n) is 4.07. The lowest BCUT2D eigenvalue weighted by atomic mass is 9.97. The molecule has 0 spiro atoms. The van der Waals surface area contributed by atoms with Crippen LogP contribution in [0.3, 0.4) is 0 Å².